The van der Waals surface area contributed by atoms with Gasteiger partial charge in [0.25, 0.3) is 0 Å². The molecule has 3 rings (SSSR count). The highest BCUT2D eigenvalue weighted by Crippen LogP contribution is 2.27. The minimum Gasteiger partial charge on any atom is -0.464 e. The van der Waals surface area contributed by atoms with Crippen LogP contribution >= 0.6 is 0 Å². The second kappa shape index (κ2) is 8.29. The maximum Gasteiger partial charge on any atom is 0.356 e. The van der Waals surface area contributed by atoms with Gasteiger partial charge in [0.05, 0.1) is 18.3 Å². The second-order valence-corrected chi connectivity index (χ2v) is 6.24. The van der Waals surface area contributed by atoms with Crippen LogP contribution in [0.15, 0.2) is 30.3 Å². The molecule has 138 valence electrons. The molecule has 26 heavy (non-hydrogen) atoms. The normalized spacial score (nSPS) is 11.5. The first kappa shape index (κ1) is 18.4. The molecule has 6 nitrogen and oxygen atoms in total. The Balaban J connectivity index is 1.91. The summed E-state index contributed by atoms with van der Waals surface area (Å²) in [4.78, 5) is 22.4. The van der Waals surface area contributed by atoms with Crippen LogP contribution in [0.1, 0.15) is 30.0 Å². The van der Waals surface area contributed by atoms with Crippen molar-refractivity contribution in [3.05, 3.63) is 41.7 Å². The van der Waals surface area contributed by atoms with E-state index in [0.717, 1.165) is 53.7 Å². The SMILES string of the molecule is CCN(CC)CCNCc1nc(C(=O)OC)cc2c1[nH]c1ccccc12. The van der Waals surface area contributed by atoms with Crippen LogP contribution in [-0.2, 0) is 11.3 Å². The van der Waals surface area contributed by atoms with Gasteiger partial charge in [-0.2, -0.15) is 0 Å². The molecule has 0 bridgehead atoms. The van der Waals surface area contributed by atoms with Crippen LogP contribution in [0.5, 0.6) is 0 Å². The van der Waals surface area contributed by atoms with Gasteiger partial charge in [-0.15, -0.1) is 0 Å². The van der Waals surface area contributed by atoms with E-state index in [1.807, 2.05) is 24.3 Å². The standard InChI is InChI=1S/C20H26N4O2/c1-4-24(5-2)11-10-21-13-18-19-15(12-17(22-18)20(25)26-3)14-8-6-7-9-16(14)23-19/h6-9,12,21,23H,4-5,10-11,13H2,1-3H3. The van der Waals surface area contributed by atoms with E-state index in [-0.39, 0.29) is 0 Å². The average Bonchev–Trinajstić information content (AvgIpc) is 3.06. The van der Waals surface area contributed by atoms with Crippen LogP contribution in [0.25, 0.3) is 21.8 Å². The predicted molar refractivity (Wildman–Crippen MR) is 104 cm³/mol. The number of rotatable bonds is 8. The Hall–Kier alpha value is -2.44. The van der Waals surface area contributed by atoms with E-state index in [1.165, 1.54) is 7.11 Å². The molecule has 0 spiro atoms. The number of aromatic amines is 1. The predicted octanol–water partition coefficient (Wildman–Crippen LogP) is 2.93. The Labute approximate surface area is 153 Å². The summed E-state index contributed by atoms with van der Waals surface area (Å²) in [6.45, 7) is 8.86. The summed E-state index contributed by atoms with van der Waals surface area (Å²) in [5.74, 6) is -0.415. The quantitative estimate of drug-likeness (QED) is 0.481. The first-order chi connectivity index (χ1) is 12.7. The number of carbonyl (C=O) groups is 1. The van der Waals surface area contributed by atoms with Crippen molar-refractivity contribution in [2.45, 2.75) is 20.4 Å². The number of H-pyrrole nitrogens is 1. The zero-order valence-electron chi connectivity index (χ0n) is 15.6. The third-order valence-corrected chi connectivity index (χ3v) is 4.76. The maximum atomic E-state index is 12.0. The Morgan fingerprint density at radius 2 is 2.00 bits per heavy atom. The minimum atomic E-state index is -0.415. The van der Waals surface area contributed by atoms with E-state index in [1.54, 1.807) is 6.07 Å². The number of likely N-dealkylation sites (N-methyl/N-ethyl adjacent to an activating group) is 1. The smallest absolute Gasteiger partial charge is 0.356 e. The summed E-state index contributed by atoms with van der Waals surface area (Å²) < 4.78 is 4.88. The number of aromatic nitrogens is 2. The fourth-order valence-electron chi connectivity index (χ4n) is 3.23. The van der Waals surface area contributed by atoms with Gasteiger partial charge in [-0.05, 0) is 25.2 Å². The van der Waals surface area contributed by atoms with Gasteiger partial charge in [-0.3, -0.25) is 0 Å². The zero-order valence-corrected chi connectivity index (χ0v) is 15.6. The number of hydrogen-bond donors (Lipinski definition) is 2. The summed E-state index contributed by atoms with van der Waals surface area (Å²) in [5, 5.41) is 5.52. The van der Waals surface area contributed by atoms with E-state index in [9.17, 15) is 4.79 Å². The van der Waals surface area contributed by atoms with Crippen LogP contribution in [0, 0.1) is 0 Å². The number of ether oxygens (including phenoxy) is 1. The summed E-state index contributed by atoms with van der Waals surface area (Å²) >= 11 is 0. The largest absolute Gasteiger partial charge is 0.464 e. The third kappa shape index (κ3) is 3.71. The van der Waals surface area contributed by atoms with E-state index in [4.69, 9.17) is 4.74 Å². The summed E-state index contributed by atoms with van der Waals surface area (Å²) in [6.07, 6.45) is 0. The summed E-state index contributed by atoms with van der Waals surface area (Å²) in [6, 6.07) is 9.88. The molecule has 0 aliphatic carbocycles. The molecule has 2 aromatic heterocycles. The van der Waals surface area contributed by atoms with Gasteiger partial charge in [0.15, 0.2) is 0 Å². The zero-order chi connectivity index (χ0) is 18.5. The molecule has 0 atom stereocenters. The van der Waals surface area contributed by atoms with Crippen molar-refractivity contribution in [2.24, 2.45) is 0 Å². The lowest BCUT2D eigenvalue weighted by atomic mass is 10.1. The molecule has 0 aliphatic rings. The van der Waals surface area contributed by atoms with Crippen molar-refractivity contribution in [1.29, 1.82) is 0 Å². The number of pyridine rings is 1. The van der Waals surface area contributed by atoms with Crippen molar-refractivity contribution in [3.63, 3.8) is 0 Å². The highest BCUT2D eigenvalue weighted by atomic mass is 16.5. The molecule has 6 heteroatoms. The van der Waals surface area contributed by atoms with E-state index in [0.29, 0.717) is 12.2 Å². The molecule has 0 amide bonds. The molecule has 0 saturated carbocycles. The molecule has 3 aromatic rings. The van der Waals surface area contributed by atoms with Crippen LogP contribution in [0.4, 0.5) is 0 Å². The number of hydrogen-bond acceptors (Lipinski definition) is 5. The first-order valence-electron chi connectivity index (χ1n) is 9.09. The van der Waals surface area contributed by atoms with Gasteiger partial charge in [0.2, 0.25) is 0 Å². The first-order valence-corrected chi connectivity index (χ1v) is 9.09. The topological polar surface area (TPSA) is 70.2 Å². The van der Waals surface area contributed by atoms with Crippen molar-refractivity contribution in [3.8, 4) is 0 Å². The number of para-hydroxylation sites is 1. The van der Waals surface area contributed by atoms with Crippen LogP contribution in [-0.4, -0.2) is 54.1 Å². The van der Waals surface area contributed by atoms with Gasteiger partial charge in [-0.1, -0.05) is 32.0 Å². The number of carbonyl (C=O) groups excluding carboxylic acids is 1. The van der Waals surface area contributed by atoms with Crippen molar-refractivity contribution in [2.75, 3.05) is 33.3 Å². The Bertz CT molecular complexity index is 899. The molecule has 0 aliphatic heterocycles. The maximum absolute atomic E-state index is 12.0. The lowest BCUT2D eigenvalue weighted by Gasteiger charge is -2.18. The number of nitrogens with one attached hydrogen (secondary N) is 2. The average molecular weight is 354 g/mol. The van der Waals surface area contributed by atoms with Crippen molar-refractivity contribution < 1.29 is 9.53 Å². The Morgan fingerprint density at radius 3 is 2.73 bits per heavy atom. The second-order valence-electron chi connectivity index (χ2n) is 6.24. The Kier molecular flexibility index (Phi) is 5.85. The fourth-order valence-corrected chi connectivity index (χ4v) is 3.23. The molecule has 2 heterocycles. The molecule has 0 radical (unpaired) electrons. The third-order valence-electron chi connectivity index (χ3n) is 4.76. The van der Waals surface area contributed by atoms with E-state index < -0.39 is 5.97 Å². The monoisotopic (exact) mass is 354 g/mol. The number of nitrogens with zero attached hydrogens (tertiary/aromatic N) is 2. The van der Waals surface area contributed by atoms with Crippen molar-refractivity contribution >= 4 is 27.8 Å². The number of esters is 1. The number of benzene rings is 1. The number of fused-ring (bicyclic) bond motifs is 3. The van der Waals surface area contributed by atoms with Crippen LogP contribution in [0.2, 0.25) is 0 Å². The van der Waals surface area contributed by atoms with Gasteiger partial charge in [-0.25, -0.2) is 9.78 Å². The fraction of sp³-hybridized carbons (Fsp3) is 0.400. The van der Waals surface area contributed by atoms with Crippen molar-refractivity contribution in [1.82, 2.24) is 20.2 Å². The lowest BCUT2D eigenvalue weighted by Crippen LogP contribution is -2.31. The van der Waals surface area contributed by atoms with Gasteiger partial charge in [0.1, 0.15) is 5.69 Å². The molecule has 0 fully saturated rings. The highest BCUT2D eigenvalue weighted by Gasteiger charge is 2.15. The Morgan fingerprint density at radius 1 is 1.23 bits per heavy atom. The van der Waals surface area contributed by atoms with Gasteiger partial charge in [0, 0.05) is 35.9 Å². The molecular formula is C20H26N4O2. The summed E-state index contributed by atoms with van der Waals surface area (Å²) in [7, 11) is 1.38. The molecule has 2 N–H and O–H groups in total. The van der Waals surface area contributed by atoms with E-state index >= 15 is 0 Å². The molecule has 0 saturated heterocycles. The molecule has 1 aromatic carbocycles. The van der Waals surface area contributed by atoms with Crippen LogP contribution < -0.4 is 5.32 Å². The minimum absolute atomic E-state index is 0.338. The van der Waals surface area contributed by atoms with Gasteiger partial charge < -0.3 is 19.9 Å². The highest BCUT2D eigenvalue weighted by molar-refractivity contribution is 6.09. The van der Waals surface area contributed by atoms with Gasteiger partial charge >= 0.3 is 5.97 Å². The van der Waals surface area contributed by atoms with Crippen LogP contribution in [0.3, 0.4) is 0 Å². The molecular weight excluding hydrogens is 328 g/mol. The molecule has 0 unspecified atom stereocenters. The number of methoxy groups -OCH3 is 1. The van der Waals surface area contributed by atoms with E-state index in [2.05, 4.69) is 34.0 Å². The summed E-state index contributed by atoms with van der Waals surface area (Å²) in [5.41, 5.74) is 3.17. The lowest BCUT2D eigenvalue weighted by molar-refractivity contribution is 0.0594.